The van der Waals surface area contributed by atoms with Gasteiger partial charge in [-0.05, 0) is 18.2 Å². The predicted molar refractivity (Wildman–Crippen MR) is 62.5 cm³/mol. The first-order valence-corrected chi connectivity index (χ1v) is 5.39. The summed E-state index contributed by atoms with van der Waals surface area (Å²) in [6.45, 7) is 0.506. The SMILES string of the molecule is Nc1cc(Cl)ccc1N1CC(Cl)CC1=O. The molecule has 1 amide bonds. The molecule has 1 aromatic rings. The molecule has 2 rings (SSSR count). The normalized spacial score (nSPS) is 21.1. The fourth-order valence-corrected chi connectivity index (χ4v) is 2.12. The number of alkyl halides is 1. The Bertz CT molecular complexity index is 408. The Morgan fingerprint density at radius 2 is 2.20 bits per heavy atom. The lowest BCUT2D eigenvalue weighted by atomic mass is 10.2. The molecule has 0 bridgehead atoms. The first-order valence-electron chi connectivity index (χ1n) is 4.57. The maximum Gasteiger partial charge on any atom is 0.228 e. The van der Waals surface area contributed by atoms with Gasteiger partial charge in [0.15, 0.2) is 0 Å². The van der Waals surface area contributed by atoms with Crippen LogP contribution in [0.4, 0.5) is 11.4 Å². The number of hydrogen-bond acceptors (Lipinski definition) is 2. The molecule has 1 heterocycles. The van der Waals surface area contributed by atoms with Gasteiger partial charge in [0.05, 0.1) is 16.8 Å². The summed E-state index contributed by atoms with van der Waals surface area (Å²) in [6.07, 6.45) is 0.365. The van der Waals surface area contributed by atoms with Gasteiger partial charge < -0.3 is 10.6 Å². The van der Waals surface area contributed by atoms with Crippen LogP contribution < -0.4 is 10.6 Å². The van der Waals surface area contributed by atoms with Gasteiger partial charge in [-0.2, -0.15) is 0 Å². The third kappa shape index (κ3) is 2.03. The van der Waals surface area contributed by atoms with E-state index in [1.807, 2.05) is 0 Å². The zero-order valence-electron chi connectivity index (χ0n) is 7.91. The Hall–Kier alpha value is -0.930. The molecular formula is C10H10Cl2N2O. The fourth-order valence-electron chi connectivity index (χ4n) is 1.67. The fraction of sp³-hybridized carbons (Fsp3) is 0.300. The maximum atomic E-state index is 11.6. The highest BCUT2D eigenvalue weighted by molar-refractivity contribution is 6.31. The van der Waals surface area contributed by atoms with E-state index < -0.39 is 0 Å². The van der Waals surface area contributed by atoms with Crippen molar-refractivity contribution in [2.75, 3.05) is 17.2 Å². The Morgan fingerprint density at radius 3 is 2.73 bits per heavy atom. The van der Waals surface area contributed by atoms with Gasteiger partial charge in [0.1, 0.15) is 0 Å². The minimum Gasteiger partial charge on any atom is -0.397 e. The summed E-state index contributed by atoms with van der Waals surface area (Å²) in [6, 6.07) is 5.08. The number of nitrogens with zero attached hydrogens (tertiary/aromatic N) is 1. The molecule has 0 aromatic heterocycles. The lowest BCUT2D eigenvalue weighted by Crippen LogP contribution is -2.25. The zero-order valence-corrected chi connectivity index (χ0v) is 9.42. The van der Waals surface area contributed by atoms with Crippen LogP contribution in [0, 0.1) is 0 Å². The topological polar surface area (TPSA) is 46.3 Å². The molecule has 1 aliphatic rings. The van der Waals surface area contributed by atoms with Crippen molar-refractivity contribution in [2.45, 2.75) is 11.8 Å². The molecule has 0 aliphatic carbocycles. The number of nitrogen functional groups attached to an aromatic ring is 1. The predicted octanol–water partition coefficient (Wildman–Crippen LogP) is 2.27. The van der Waals surface area contributed by atoms with Crippen molar-refractivity contribution < 1.29 is 4.79 Å². The first-order chi connectivity index (χ1) is 7.08. The number of hydrogen-bond donors (Lipinski definition) is 1. The molecule has 0 radical (unpaired) electrons. The van der Waals surface area contributed by atoms with E-state index in [0.29, 0.717) is 29.4 Å². The average Bonchev–Trinajstić information content (AvgIpc) is 2.45. The van der Waals surface area contributed by atoms with Crippen molar-refractivity contribution in [2.24, 2.45) is 0 Å². The summed E-state index contributed by atoms with van der Waals surface area (Å²) in [7, 11) is 0. The number of amides is 1. The van der Waals surface area contributed by atoms with E-state index in [2.05, 4.69) is 0 Å². The van der Waals surface area contributed by atoms with Crippen LogP contribution in [0.25, 0.3) is 0 Å². The van der Waals surface area contributed by atoms with Gasteiger partial charge >= 0.3 is 0 Å². The van der Waals surface area contributed by atoms with Gasteiger partial charge in [-0.25, -0.2) is 0 Å². The number of anilines is 2. The van der Waals surface area contributed by atoms with E-state index in [0.717, 1.165) is 0 Å². The van der Waals surface area contributed by atoms with Crippen LogP contribution in [-0.2, 0) is 4.79 Å². The average molecular weight is 245 g/mol. The van der Waals surface area contributed by atoms with Gasteiger partial charge in [0, 0.05) is 18.0 Å². The Labute approximate surface area is 97.8 Å². The van der Waals surface area contributed by atoms with Crippen molar-refractivity contribution >= 4 is 40.5 Å². The molecule has 1 atom stereocenters. The molecule has 1 unspecified atom stereocenters. The van der Waals surface area contributed by atoms with Crippen LogP contribution in [0.3, 0.4) is 0 Å². The second-order valence-corrected chi connectivity index (χ2v) is 4.56. The third-order valence-corrected chi connectivity index (χ3v) is 2.89. The Morgan fingerprint density at radius 1 is 1.47 bits per heavy atom. The molecule has 3 nitrogen and oxygen atoms in total. The van der Waals surface area contributed by atoms with Gasteiger partial charge in [-0.1, -0.05) is 11.6 Å². The molecule has 1 aromatic carbocycles. The summed E-state index contributed by atoms with van der Waals surface area (Å²) in [5, 5.41) is 0.429. The van der Waals surface area contributed by atoms with E-state index in [1.54, 1.807) is 23.1 Å². The van der Waals surface area contributed by atoms with Crippen LogP contribution in [0.2, 0.25) is 5.02 Å². The van der Waals surface area contributed by atoms with Crippen molar-refractivity contribution in [3.8, 4) is 0 Å². The van der Waals surface area contributed by atoms with Gasteiger partial charge in [0.2, 0.25) is 5.91 Å². The minimum absolute atomic E-state index is 0.00372. The Kier molecular flexibility index (Phi) is 2.76. The van der Waals surface area contributed by atoms with Crippen LogP contribution >= 0.6 is 23.2 Å². The molecular weight excluding hydrogens is 235 g/mol. The number of nitrogens with two attached hydrogens (primary N) is 1. The van der Waals surface area contributed by atoms with Gasteiger partial charge in [0.25, 0.3) is 0 Å². The highest BCUT2D eigenvalue weighted by Crippen LogP contribution is 2.30. The van der Waals surface area contributed by atoms with Gasteiger partial charge in [-0.3, -0.25) is 4.79 Å². The lowest BCUT2D eigenvalue weighted by Gasteiger charge is -2.18. The molecule has 0 saturated carbocycles. The second kappa shape index (κ2) is 3.91. The second-order valence-electron chi connectivity index (χ2n) is 3.51. The smallest absolute Gasteiger partial charge is 0.228 e. The molecule has 1 saturated heterocycles. The zero-order chi connectivity index (χ0) is 11.0. The van der Waals surface area contributed by atoms with E-state index in [9.17, 15) is 4.79 Å². The number of halogens is 2. The molecule has 2 N–H and O–H groups in total. The summed E-state index contributed by atoms with van der Waals surface area (Å²) in [5.74, 6) is 0.00372. The van der Waals surface area contributed by atoms with Crippen molar-refractivity contribution in [1.29, 1.82) is 0 Å². The molecule has 0 spiro atoms. The monoisotopic (exact) mass is 244 g/mol. The molecule has 5 heteroatoms. The van der Waals surface area contributed by atoms with E-state index in [1.165, 1.54) is 0 Å². The molecule has 15 heavy (non-hydrogen) atoms. The number of carbonyl (C=O) groups is 1. The highest BCUT2D eigenvalue weighted by atomic mass is 35.5. The third-order valence-electron chi connectivity index (χ3n) is 2.36. The number of rotatable bonds is 1. The van der Waals surface area contributed by atoms with Crippen molar-refractivity contribution in [1.82, 2.24) is 0 Å². The van der Waals surface area contributed by atoms with E-state index in [-0.39, 0.29) is 11.3 Å². The van der Waals surface area contributed by atoms with Crippen LogP contribution in [0.1, 0.15) is 6.42 Å². The Balaban J connectivity index is 2.34. The quantitative estimate of drug-likeness (QED) is 0.609. The summed E-state index contributed by atoms with van der Waals surface area (Å²) in [5.41, 5.74) is 6.98. The number of carbonyl (C=O) groups excluding carboxylic acids is 1. The standard InChI is InChI=1S/C10H10Cl2N2O/c11-6-1-2-9(8(13)3-6)14-5-7(12)4-10(14)15/h1-3,7H,4-5,13H2. The molecule has 1 fully saturated rings. The van der Waals surface area contributed by atoms with Crippen LogP contribution in [0.5, 0.6) is 0 Å². The lowest BCUT2D eigenvalue weighted by molar-refractivity contribution is -0.117. The first kappa shape index (κ1) is 10.6. The summed E-state index contributed by atoms with van der Waals surface area (Å²) < 4.78 is 0. The van der Waals surface area contributed by atoms with Crippen molar-refractivity contribution in [3.05, 3.63) is 23.2 Å². The minimum atomic E-state index is -0.132. The molecule has 80 valence electrons. The van der Waals surface area contributed by atoms with Crippen LogP contribution in [-0.4, -0.2) is 17.8 Å². The van der Waals surface area contributed by atoms with Crippen LogP contribution in [0.15, 0.2) is 18.2 Å². The molecule has 1 aliphatic heterocycles. The van der Waals surface area contributed by atoms with Crippen molar-refractivity contribution in [3.63, 3.8) is 0 Å². The highest BCUT2D eigenvalue weighted by Gasteiger charge is 2.30. The maximum absolute atomic E-state index is 11.6. The number of benzene rings is 1. The largest absolute Gasteiger partial charge is 0.397 e. The van der Waals surface area contributed by atoms with E-state index >= 15 is 0 Å². The summed E-state index contributed by atoms with van der Waals surface area (Å²) in [4.78, 5) is 13.2. The van der Waals surface area contributed by atoms with E-state index in [4.69, 9.17) is 28.9 Å². The van der Waals surface area contributed by atoms with Gasteiger partial charge in [-0.15, -0.1) is 11.6 Å². The summed E-state index contributed by atoms with van der Waals surface area (Å²) >= 11 is 11.7.